The van der Waals surface area contributed by atoms with Gasteiger partial charge in [0.25, 0.3) is 5.91 Å². The van der Waals surface area contributed by atoms with Gasteiger partial charge >= 0.3 is 0 Å². The molecule has 1 aliphatic rings. The Hall–Kier alpha value is -2.16. The Kier molecular flexibility index (Phi) is 6.08. The maximum atomic E-state index is 12.3. The average Bonchev–Trinajstić information content (AvgIpc) is 3.34. The summed E-state index contributed by atoms with van der Waals surface area (Å²) in [5.74, 6) is 0.333. The van der Waals surface area contributed by atoms with Crippen LogP contribution in [0.3, 0.4) is 0 Å². The predicted molar refractivity (Wildman–Crippen MR) is 97.2 cm³/mol. The lowest BCUT2D eigenvalue weighted by Crippen LogP contribution is -2.33. The largest absolute Gasteiger partial charge is 0.468 e. The zero-order valence-electron chi connectivity index (χ0n) is 14.5. The lowest BCUT2D eigenvalue weighted by atomic mass is 10.2. The van der Waals surface area contributed by atoms with Crippen LogP contribution >= 0.6 is 0 Å². The van der Waals surface area contributed by atoms with Gasteiger partial charge in [0.1, 0.15) is 5.76 Å². The fourth-order valence-corrected chi connectivity index (χ4v) is 3.88. The number of amides is 1. The van der Waals surface area contributed by atoms with Crippen molar-refractivity contribution < 1.29 is 17.6 Å². The first-order chi connectivity index (χ1) is 12.5. The van der Waals surface area contributed by atoms with Gasteiger partial charge in [0.15, 0.2) is 0 Å². The average molecular weight is 377 g/mol. The van der Waals surface area contributed by atoms with Crippen LogP contribution in [-0.4, -0.2) is 45.4 Å². The summed E-state index contributed by atoms with van der Waals surface area (Å²) in [6, 6.07) is 9.29. The number of carbonyl (C=O) groups excluding carboxylic acids is 1. The van der Waals surface area contributed by atoms with Crippen LogP contribution in [0.4, 0.5) is 0 Å². The summed E-state index contributed by atoms with van der Waals surface area (Å²) in [5, 5.41) is 2.87. The molecule has 1 saturated heterocycles. The third kappa shape index (κ3) is 4.94. The molecular formula is C18H23N3O4S. The zero-order valence-corrected chi connectivity index (χ0v) is 15.3. The van der Waals surface area contributed by atoms with E-state index in [4.69, 9.17) is 4.42 Å². The molecule has 0 spiro atoms. The summed E-state index contributed by atoms with van der Waals surface area (Å²) in [4.78, 5) is 14.6. The fourth-order valence-electron chi connectivity index (χ4n) is 2.88. The molecule has 0 bridgehead atoms. The van der Waals surface area contributed by atoms with E-state index in [1.165, 1.54) is 43.4 Å². The molecule has 8 heteroatoms. The first kappa shape index (κ1) is 18.6. The Labute approximate surface area is 153 Å². The van der Waals surface area contributed by atoms with Gasteiger partial charge in [-0.1, -0.05) is 0 Å². The molecular weight excluding hydrogens is 354 g/mol. The molecule has 0 unspecified atom stereocenters. The summed E-state index contributed by atoms with van der Waals surface area (Å²) in [6.07, 6.45) is 3.93. The maximum Gasteiger partial charge on any atom is 0.251 e. The van der Waals surface area contributed by atoms with Crippen molar-refractivity contribution >= 4 is 15.9 Å². The van der Waals surface area contributed by atoms with E-state index < -0.39 is 10.0 Å². The van der Waals surface area contributed by atoms with Gasteiger partial charge in [-0.25, -0.2) is 13.1 Å². The van der Waals surface area contributed by atoms with Crippen molar-refractivity contribution in [1.82, 2.24) is 14.9 Å². The molecule has 0 aliphatic carbocycles. The van der Waals surface area contributed by atoms with Crippen LogP contribution in [0.25, 0.3) is 0 Å². The van der Waals surface area contributed by atoms with Gasteiger partial charge in [-0.05, 0) is 62.3 Å². The molecule has 3 rings (SSSR count). The molecule has 26 heavy (non-hydrogen) atoms. The van der Waals surface area contributed by atoms with Crippen LogP contribution in [-0.2, 0) is 16.6 Å². The lowest BCUT2D eigenvalue weighted by Gasteiger charge is -2.14. The van der Waals surface area contributed by atoms with Crippen molar-refractivity contribution in [3.63, 3.8) is 0 Å². The van der Waals surface area contributed by atoms with E-state index >= 15 is 0 Å². The highest BCUT2D eigenvalue weighted by molar-refractivity contribution is 7.89. The zero-order chi connectivity index (χ0) is 18.4. The quantitative estimate of drug-likeness (QED) is 0.729. The van der Waals surface area contributed by atoms with E-state index in [1.54, 1.807) is 12.1 Å². The SMILES string of the molecule is O=C(NCCN1CCCC1)c1ccc(S(=O)(=O)NCc2ccco2)cc1. The van der Waals surface area contributed by atoms with Crippen molar-refractivity contribution in [2.24, 2.45) is 0 Å². The Morgan fingerprint density at radius 3 is 2.50 bits per heavy atom. The predicted octanol–water partition coefficient (Wildman–Crippen LogP) is 1.58. The van der Waals surface area contributed by atoms with Crippen molar-refractivity contribution in [1.29, 1.82) is 0 Å². The normalized spacial score (nSPS) is 15.2. The topological polar surface area (TPSA) is 91.7 Å². The Morgan fingerprint density at radius 2 is 1.85 bits per heavy atom. The van der Waals surface area contributed by atoms with Crippen molar-refractivity contribution in [2.75, 3.05) is 26.2 Å². The molecule has 2 aromatic rings. The number of likely N-dealkylation sites (tertiary alicyclic amines) is 1. The van der Waals surface area contributed by atoms with Gasteiger partial charge in [0, 0.05) is 18.7 Å². The van der Waals surface area contributed by atoms with E-state index in [0.717, 1.165) is 19.6 Å². The number of sulfonamides is 1. The van der Waals surface area contributed by atoms with Crippen molar-refractivity contribution in [2.45, 2.75) is 24.3 Å². The molecule has 0 saturated carbocycles. The third-order valence-corrected chi connectivity index (χ3v) is 5.77. The molecule has 2 N–H and O–H groups in total. The smallest absolute Gasteiger partial charge is 0.251 e. The minimum absolute atomic E-state index is 0.0775. The Balaban J connectivity index is 1.52. The van der Waals surface area contributed by atoms with Gasteiger partial charge < -0.3 is 14.6 Å². The summed E-state index contributed by atoms with van der Waals surface area (Å²) >= 11 is 0. The number of nitrogens with one attached hydrogen (secondary N) is 2. The first-order valence-electron chi connectivity index (χ1n) is 8.67. The summed E-state index contributed by atoms with van der Waals surface area (Å²) in [5.41, 5.74) is 0.441. The molecule has 1 aliphatic heterocycles. The summed E-state index contributed by atoms with van der Waals surface area (Å²) in [6.45, 7) is 3.69. The minimum atomic E-state index is -3.66. The molecule has 0 radical (unpaired) electrons. The number of benzene rings is 1. The van der Waals surface area contributed by atoms with E-state index in [2.05, 4.69) is 14.9 Å². The molecule has 0 atom stereocenters. The van der Waals surface area contributed by atoms with E-state index in [-0.39, 0.29) is 17.3 Å². The summed E-state index contributed by atoms with van der Waals surface area (Å²) < 4.78 is 32.1. The Morgan fingerprint density at radius 1 is 1.12 bits per heavy atom. The van der Waals surface area contributed by atoms with Gasteiger partial charge in [0.2, 0.25) is 10.0 Å². The third-order valence-electron chi connectivity index (χ3n) is 4.36. The van der Waals surface area contributed by atoms with Crippen molar-refractivity contribution in [3.8, 4) is 0 Å². The number of hydrogen-bond donors (Lipinski definition) is 2. The lowest BCUT2D eigenvalue weighted by molar-refractivity contribution is 0.0949. The van der Waals surface area contributed by atoms with Gasteiger partial charge in [0.05, 0.1) is 17.7 Å². The van der Waals surface area contributed by atoms with Gasteiger partial charge in [-0.2, -0.15) is 0 Å². The van der Waals surface area contributed by atoms with Gasteiger partial charge in [-0.15, -0.1) is 0 Å². The second-order valence-electron chi connectivity index (χ2n) is 6.23. The fraction of sp³-hybridized carbons (Fsp3) is 0.389. The number of nitrogens with zero attached hydrogens (tertiary/aromatic N) is 1. The van der Waals surface area contributed by atoms with E-state index in [9.17, 15) is 13.2 Å². The van der Waals surface area contributed by atoms with Crippen molar-refractivity contribution in [3.05, 3.63) is 54.0 Å². The molecule has 1 fully saturated rings. The number of carbonyl (C=O) groups is 1. The number of furan rings is 1. The highest BCUT2D eigenvalue weighted by atomic mass is 32.2. The second-order valence-corrected chi connectivity index (χ2v) is 8.00. The van der Waals surface area contributed by atoms with Crippen LogP contribution in [0.1, 0.15) is 29.0 Å². The Bertz CT molecular complexity index is 811. The standard InChI is InChI=1S/C18H23N3O4S/c22-18(19-9-12-21-10-1-2-11-21)15-5-7-17(8-6-15)26(23,24)20-14-16-4-3-13-25-16/h3-8,13,20H,1-2,9-12,14H2,(H,19,22). The van der Waals surface area contributed by atoms with Crippen LogP contribution in [0.2, 0.25) is 0 Å². The van der Waals surface area contributed by atoms with E-state index in [1.807, 2.05) is 0 Å². The van der Waals surface area contributed by atoms with Crippen LogP contribution in [0.5, 0.6) is 0 Å². The number of rotatable bonds is 8. The van der Waals surface area contributed by atoms with E-state index in [0.29, 0.717) is 17.9 Å². The van der Waals surface area contributed by atoms with Crippen LogP contribution in [0, 0.1) is 0 Å². The highest BCUT2D eigenvalue weighted by Gasteiger charge is 2.16. The number of hydrogen-bond acceptors (Lipinski definition) is 5. The van der Waals surface area contributed by atoms with Crippen LogP contribution in [0.15, 0.2) is 52.0 Å². The first-order valence-corrected chi connectivity index (χ1v) is 10.2. The van der Waals surface area contributed by atoms with Crippen LogP contribution < -0.4 is 10.0 Å². The summed E-state index contributed by atoms with van der Waals surface area (Å²) in [7, 11) is -3.66. The second kappa shape index (κ2) is 8.48. The molecule has 140 valence electrons. The highest BCUT2D eigenvalue weighted by Crippen LogP contribution is 2.12. The molecule has 1 aromatic heterocycles. The molecule has 1 amide bonds. The molecule has 7 nitrogen and oxygen atoms in total. The maximum absolute atomic E-state index is 12.3. The molecule has 1 aromatic carbocycles. The molecule has 2 heterocycles. The van der Waals surface area contributed by atoms with Gasteiger partial charge in [-0.3, -0.25) is 4.79 Å². The minimum Gasteiger partial charge on any atom is -0.468 e. The monoisotopic (exact) mass is 377 g/mol.